The zero-order valence-corrected chi connectivity index (χ0v) is 20.4. The highest BCUT2D eigenvalue weighted by atomic mass is 32.2. The summed E-state index contributed by atoms with van der Waals surface area (Å²) in [6.45, 7) is 5.68. The molecule has 34 heavy (non-hydrogen) atoms. The van der Waals surface area contributed by atoms with Crippen LogP contribution in [0.1, 0.15) is 56.2 Å². The summed E-state index contributed by atoms with van der Waals surface area (Å²) in [5.74, 6) is -0.708. The third kappa shape index (κ3) is 3.79. The van der Waals surface area contributed by atoms with Crippen LogP contribution in [0.3, 0.4) is 0 Å². The molecule has 2 aliphatic rings. The first kappa shape index (κ1) is 24.0. The molecular weight excluding hydrogens is 461 g/mol. The van der Waals surface area contributed by atoms with Crippen LogP contribution in [-0.2, 0) is 15.3 Å². The number of nitrogens with one attached hydrogen (secondary N) is 1. The van der Waals surface area contributed by atoms with Crippen molar-refractivity contribution in [1.29, 1.82) is 0 Å². The Hall–Kier alpha value is -3.15. The van der Waals surface area contributed by atoms with Crippen molar-refractivity contribution in [2.24, 2.45) is 15.1 Å². The number of pyridine rings is 1. The lowest BCUT2D eigenvalue weighted by atomic mass is 9.88. The van der Waals surface area contributed by atoms with E-state index in [2.05, 4.69) is 29.6 Å². The fourth-order valence-electron chi connectivity index (χ4n) is 4.40. The molecule has 2 aliphatic heterocycles. The Morgan fingerprint density at radius 3 is 2.68 bits per heavy atom. The van der Waals surface area contributed by atoms with E-state index >= 15 is 4.39 Å². The Morgan fingerprint density at radius 1 is 1.24 bits per heavy atom. The SMILES string of the molecule is COc1cnc(C(=O)Nc2ccc(F)c([C@@]3(C)N=C(N)C(C)(C)[S@]4(=O)=NCCCC[C@@H]34)n2)cn1. The van der Waals surface area contributed by atoms with E-state index in [1.54, 1.807) is 20.8 Å². The molecule has 4 rings (SSSR count). The molecular formula is C22H28FN7O3S. The number of anilines is 1. The average Bonchev–Trinajstić information content (AvgIpc) is 3.02. The lowest BCUT2D eigenvalue weighted by Gasteiger charge is -2.45. The van der Waals surface area contributed by atoms with Crippen LogP contribution in [0.2, 0.25) is 0 Å². The molecule has 12 heteroatoms. The first-order chi connectivity index (χ1) is 16.0. The van der Waals surface area contributed by atoms with Gasteiger partial charge in [0.25, 0.3) is 5.91 Å². The van der Waals surface area contributed by atoms with Crippen molar-refractivity contribution in [2.75, 3.05) is 19.0 Å². The molecule has 2 aromatic heterocycles. The Labute approximate surface area is 197 Å². The maximum atomic E-state index is 15.2. The Morgan fingerprint density at radius 2 is 2.00 bits per heavy atom. The van der Waals surface area contributed by atoms with E-state index in [0.717, 1.165) is 12.8 Å². The van der Waals surface area contributed by atoms with Crippen molar-refractivity contribution in [3.63, 3.8) is 0 Å². The number of rotatable bonds is 4. The van der Waals surface area contributed by atoms with Gasteiger partial charge in [-0.2, -0.15) is 0 Å². The van der Waals surface area contributed by atoms with Gasteiger partial charge in [0.15, 0.2) is 0 Å². The number of nitrogens with zero attached hydrogens (tertiary/aromatic N) is 5. The fourth-order valence-corrected chi connectivity index (χ4v) is 7.63. The van der Waals surface area contributed by atoms with Crippen LogP contribution >= 0.6 is 0 Å². The molecule has 0 bridgehead atoms. The summed E-state index contributed by atoms with van der Waals surface area (Å²) in [4.78, 5) is 29.7. The highest BCUT2D eigenvalue weighted by Crippen LogP contribution is 2.46. The van der Waals surface area contributed by atoms with Crippen LogP contribution in [0.15, 0.2) is 33.9 Å². The minimum absolute atomic E-state index is 0.0342. The minimum atomic E-state index is -2.91. The van der Waals surface area contributed by atoms with E-state index in [0.29, 0.717) is 13.0 Å². The maximum absolute atomic E-state index is 15.2. The molecule has 0 aromatic carbocycles. The number of carbonyl (C=O) groups excluding carboxylic acids is 1. The molecule has 0 aliphatic carbocycles. The molecule has 0 unspecified atom stereocenters. The monoisotopic (exact) mass is 489 g/mol. The fraction of sp³-hybridized carbons (Fsp3) is 0.500. The first-order valence-corrected chi connectivity index (χ1v) is 12.5. The largest absolute Gasteiger partial charge is 0.480 e. The summed E-state index contributed by atoms with van der Waals surface area (Å²) in [5.41, 5.74) is 4.97. The normalized spacial score (nSPS) is 28.0. The second-order valence-corrected chi connectivity index (χ2v) is 12.0. The number of carbonyl (C=O) groups is 1. The summed E-state index contributed by atoms with van der Waals surface area (Å²) in [6.07, 6.45) is 4.68. The summed E-state index contributed by atoms with van der Waals surface area (Å²) in [7, 11) is -1.47. The van der Waals surface area contributed by atoms with Gasteiger partial charge < -0.3 is 15.8 Å². The number of hydrogen-bond acceptors (Lipinski definition) is 9. The van der Waals surface area contributed by atoms with Gasteiger partial charge >= 0.3 is 0 Å². The molecule has 182 valence electrons. The molecule has 0 radical (unpaired) electrons. The van der Waals surface area contributed by atoms with Crippen molar-refractivity contribution in [1.82, 2.24) is 15.0 Å². The topological polar surface area (TPSA) is 145 Å². The van der Waals surface area contributed by atoms with Gasteiger partial charge in [-0.05, 0) is 45.7 Å². The Balaban J connectivity index is 1.76. The predicted octanol–water partition coefficient (Wildman–Crippen LogP) is 2.66. The van der Waals surface area contributed by atoms with Crippen molar-refractivity contribution in [3.8, 4) is 5.88 Å². The number of nitrogens with two attached hydrogens (primary N) is 1. The number of amidine groups is 1. The maximum Gasteiger partial charge on any atom is 0.277 e. The van der Waals surface area contributed by atoms with E-state index < -0.39 is 37.0 Å². The summed E-state index contributed by atoms with van der Waals surface area (Å²) >= 11 is 0. The quantitative estimate of drug-likeness (QED) is 0.671. The molecule has 3 N–H and O–H groups in total. The van der Waals surface area contributed by atoms with E-state index in [1.165, 1.54) is 31.6 Å². The Kier molecular flexibility index (Phi) is 6.05. The molecule has 0 saturated heterocycles. The number of fused-ring (bicyclic) bond motifs is 1. The molecule has 1 amide bonds. The highest BCUT2D eigenvalue weighted by Gasteiger charge is 2.56. The van der Waals surface area contributed by atoms with Crippen molar-refractivity contribution in [3.05, 3.63) is 41.7 Å². The lowest BCUT2D eigenvalue weighted by molar-refractivity contribution is 0.102. The average molecular weight is 490 g/mol. The van der Waals surface area contributed by atoms with Crippen LogP contribution in [0.5, 0.6) is 5.88 Å². The number of methoxy groups -OCH3 is 1. The summed E-state index contributed by atoms with van der Waals surface area (Å²) < 4.78 is 38.1. The standard InChI is InChI=1S/C22H28FN7O3S/c1-21(2)20(24)30-22(3,15-7-5-6-10-27-34(15,21)32)18-13(23)8-9-16(28-18)29-19(31)14-11-26-17(33-4)12-25-14/h8-9,11-12,15H,5-7,10H2,1-4H3,(H2,24,30)(H,28,29,31)/t15-,22-,34-/m0/s1. The van der Waals surface area contributed by atoms with Gasteiger partial charge in [-0.3, -0.25) is 9.79 Å². The number of halogens is 1. The van der Waals surface area contributed by atoms with Crippen molar-refractivity contribution in [2.45, 2.75) is 55.6 Å². The van der Waals surface area contributed by atoms with Crippen LogP contribution in [-0.4, -0.2) is 54.6 Å². The molecule has 4 heterocycles. The minimum Gasteiger partial charge on any atom is -0.480 e. The van der Waals surface area contributed by atoms with Crippen LogP contribution in [0.25, 0.3) is 0 Å². The van der Waals surface area contributed by atoms with Gasteiger partial charge in [0.1, 0.15) is 39.1 Å². The van der Waals surface area contributed by atoms with E-state index in [1.807, 2.05) is 0 Å². The van der Waals surface area contributed by atoms with E-state index in [4.69, 9.17) is 10.5 Å². The van der Waals surface area contributed by atoms with E-state index in [9.17, 15) is 9.00 Å². The molecule has 0 fully saturated rings. The zero-order chi connectivity index (χ0) is 24.7. The predicted molar refractivity (Wildman–Crippen MR) is 127 cm³/mol. The summed E-state index contributed by atoms with van der Waals surface area (Å²) in [6, 6.07) is 2.54. The van der Waals surface area contributed by atoms with Gasteiger partial charge in [-0.1, -0.05) is 6.42 Å². The number of aromatic nitrogens is 3. The molecule has 0 saturated carbocycles. The zero-order valence-electron chi connectivity index (χ0n) is 19.5. The molecule has 3 atom stereocenters. The third-order valence-electron chi connectivity index (χ3n) is 6.51. The van der Waals surface area contributed by atoms with Gasteiger partial charge in [-0.15, -0.1) is 0 Å². The van der Waals surface area contributed by atoms with Gasteiger partial charge in [0, 0.05) is 6.54 Å². The van der Waals surface area contributed by atoms with Crippen LogP contribution in [0.4, 0.5) is 10.2 Å². The highest BCUT2D eigenvalue weighted by molar-refractivity contribution is 7.96. The number of amides is 1. The Bertz CT molecular complexity index is 1270. The number of ether oxygens (including phenoxy) is 1. The number of hydrogen-bond donors (Lipinski definition) is 2. The molecule has 0 spiro atoms. The van der Waals surface area contributed by atoms with E-state index in [-0.39, 0.29) is 28.9 Å². The molecule has 2 aromatic rings. The van der Waals surface area contributed by atoms with Crippen molar-refractivity contribution < 1.29 is 18.1 Å². The second kappa shape index (κ2) is 8.57. The van der Waals surface area contributed by atoms with Crippen molar-refractivity contribution >= 4 is 27.3 Å². The third-order valence-corrected chi connectivity index (χ3v) is 10.2. The van der Waals surface area contributed by atoms with Gasteiger partial charge in [-0.25, -0.2) is 27.9 Å². The van der Waals surface area contributed by atoms with Gasteiger partial charge in [0.2, 0.25) is 5.88 Å². The summed E-state index contributed by atoms with van der Waals surface area (Å²) in [5, 5.41) is 2.01. The smallest absolute Gasteiger partial charge is 0.277 e. The lowest BCUT2D eigenvalue weighted by Crippen LogP contribution is -2.59. The van der Waals surface area contributed by atoms with Crippen LogP contribution < -0.4 is 15.8 Å². The first-order valence-electron chi connectivity index (χ1n) is 10.9. The van der Waals surface area contributed by atoms with Gasteiger partial charge in [0.05, 0.1) is 34.5 Å². The number of aliphatic imine (C=N–C) groups is 1. The second-order valence-electron chi connectivity index (χ2n) is 8.99. The van der Waals surface area contributed by atoms with Crippen LogP contribution in [0, 0.1) is 5.82 Å². The molecule has 10 nitrogen and oxygen atoms in total.